The zero-order valence-electron chi connectivity index (χ0n) is 10.5. The lowest BCUT2D eigenvalue weighted by atomic mass is 9.96. The summed E-state index contributed by atoms with van der Waals surface area (Å²) < 4.78 is 15.9. The molecule has 0 unspecified atom stereocenters. The van der Waals surface area contributed by atoms with E-state index in [0.29, 0.717) is 17.1 Å². The zero-order chi connectivity index (χ0) is 13.6. The summed E-state index contributed by atoms with van der Waals surface area (Å²) in [4.78, 5) is 11.9. The Morgan fingerprint density at radius 2 is 2.05 bits per heavy atom. The summed E-state index contributed by atoms with van der Waals surface area (Å²) in [7, 11) is 0. The molecule has 1 aliphatic carbocycles. The van der Waals surface area contributed by atoms with E-state index in [-0.39, 0.29) is 11.6 Å². The van der Waals surface area contributed by atoms with Crippen molar-refractivity contribution < 1.29 is 9.18 Å². The number of aryl methyl sites for hydroxylation is 1. The van der Waals surface area contributed by atoms with Gasteiger partial charge in [-0.2, -0.15) is 0 Å². The number of hydrogen-bond donors (Lipinski definition) is 0. The number of hydrogen-bond acceptors (Lipinski definition) is 1. The number of carbonyl (C=O) groups excluding carboxylic acids is 1. The Balaban J connectivity index is 2.23. The molecule has 19 heavy (non-hydrogen) atoms. The summed E-state index contributed by atoms with van der Waals surface area (Å²) in [6.07, 6.45) is 2.21. The molecule has 0 atom stereocenters. The molecule has 2 nitrogen and oxygen atoms in total. The van der Waals surface area contributed by atoms with Gasteiger partial charge in [0.15, 0.2) is 5.78 Å². The van der Waals surface area contributed by atoms with Crippen molar-refractivity contribution in [2.45, 2.75) is 26.2 Å². The molecule has 1 aromatic heterocycles. The highest BCUT2D eigenvalue weighted by Gasteiger charge is 2.24. The number of benzene rings is 1. The number of nitrogens with zero attached hydrogens (tertiary/aromatic N) is 1. The summed E-state index contributed by atoms with van der Waals surface area (Å²) in [5.41, 5.74) is 2.98. The first-order valence-corrected chi connectivity index (χ1v) is 6.65. The number of fused-ring (bicyclic) bond motifs is 1. The van der Waals surface area contributed by atoms with E-state index < -0.39 is 0 Å². The van der Waals surface area contributed by atoms with Crippen molar-refractivity contribution in [2.24, 2.45) is 0 Å². The summed E-state index contributed by atoms with van der Waals surface area (Å²) in [5, 5.41) is 0.371. The Bertz CT molecular complexity index is 675. The maximum atomic E-state index is 14.1. The number of carbonyl (C=O) groups is 1. The molecule has 4 heteroatoms. The molecule has 0 saturated carbocycles. The van der Waals surface area contributed by atoms with Crippen LogP contribution in [-0.4, -0.2) is 10.4 Å². The molecule has 0 aliphatic heterocycles. The minimum absolute atomic E-state index is 0.150. The van der Waals surface area contributed by atoms with E-state index in [1.807, 2.05) is 17.6 Å². The van der Waals surface area contributed by atoms with Crippen molar-refractivity contribution >= 4 is 17.4 Å². The van der Waals surface area contributed by atoms with Crippen LogP contribution in [0.15, 0.2) is 24.3 Å². The van der Waals surface area contributed by atoms with Gasteiger partial charge in [0, 0.05) is 28.4 Å². The molecule has 1 aromatic carbocycles. The number of aromatic nitrogens is 1. The first kappa shape index (κ1) is 12.4. The van der Waals surface area contributed by atoms with Crippen molar-refractivity contribution in [3.05, 3.63) is 52.1 Å². The van der Waals surface area contributed by atoms with Crippen LogP contribution in [0, 0.1) is 12.7 Å². The Morgan fingerprint density at radius 3 is 2.79 bits per heavy atom. The molecule has 0 spiro atoms. The van der Waals surface area contributed by atoms with E-state index in [1.54, 1.807) is 12.1 Å². The standard InChI is InChI=1S/C15H13ClFNO/c1-9-7-11-13(3-2-4-15(11)19)18(9)14-6-5-10(16)8-12(14)17/h5-8H,2-4H2,1H3. The van der Waals surface area contributed by atoms with Crippen LogP contribution in [-0.2, 0) is 6.42 Å². The number of ketones is 1. The van der Waals surface area contributed by atoms with Gasteiger partial charge in [-0.05, 0) is 44.0 Å². The fourth-order valence-electron chi connectivity index (χ4n) is 2.73. The van der Waals surface area contributed by atoms with E-state index in [9.17, 15) is 9.18 Å². The monoisotopic (exact) mass is 277 g/mol. The number of Topliss-reactive ketones (excluding diaryl/α,β-unsaturated/α-hetero) is 1. The Kier molecular flexibility index (Phi) is 2.94. The quantitative estimate of drug-likeness (QED) is 0.769. The largest absolute Gasteiger partial charge is 0.315 e. The Morgan fingerprint density at radius 1 is 1.26 bits per heavy atom. The number of rotatable bonds is 1. The average Bonchev–Trinajstić information content (AvgIpc) is 2.68. The van der Waals surface area contributed by atoms with Gasteiger partial charge in [0.05, 0.1) is 5.69 Å². The van der Waals surface area contributed by atoms with Gasteiger partial charge >= 0.3 is 0 Å². The molecule has 3 rings (SSSR count). The van der Waals surface area contributed by atoms with Crippen LogP contribution in [0.3, 0.4) is 0 Å². The third-order valence-electron chi connectivity index (χ3n) is 3.56. The van der Waals surface area contributed by atoms with Gasteiger partial charge in [-0.3, -0.25) is 4.79 Å². The van der Waals surface area contributed by atoms with Crippen molar-refractivity contribution in [3.63, 3.8) is 0 Å². The molecule has 0 fully saturated rings. The molecule has 0 amide bonds. The molecular formula is C15H13ClFNO. The van der Waals surface area contributed by atoms with Crippen molar-refractivity contribution in [3.8, 4) is 5.69 Å². The van der Waals surface area contributed by atoms with Crippen LogP contribution in [0.1, 0.15) is 34.6 Å². The lowest BCUT2D eigenvalue weighted by Crippen LogP contribution is -2.13. The van der Waals surface area contributed by atoms with Gasteiger partial charge in [-0.1, -0.05) is 11.6 Å². The van der Waals surface area contributed by atoms with Gasteiger partial charge in [0.25, 0.3) is 0 Å². The minimum Gasteiger partial charge on any atom is -0.315 e. The third-order valence-corrected chi connectivity index (χ3v) is 3.79. The van der Waals surface area contributed by atoms with Crippen molar-refractivity contribution in [1.82, 2.24) is 4.57 Å². The van der Waals surface area contributed by atoms with Gasteiger partial charge in [0.2, 0.25) is 0 Å². The smallest absolute Gasteiger partial charge is 0.164 e. The van der Waals surface area contributed by atoms with Crippen LogP contribution in [0.25, 0.3) is 5.69 Å². The topological polar surface area (TPSA) is 22.0 Å². The van der Waals surface area contributed by atoms with Gasteiger partial charge in [-0.15, -0.1) is 0 Å². The van der Waals surface area contributed by atoms with E-state index in [0.717, 1.165) is 29.8 Å². The SMILES string of the molecule is Cc1cc2c(n1-c1ccc(Cl)cc1F)CCCC2=O. The van der Waals surface area contributed by atoms with Gasteiger partial charge < -0.3 is 4.57 Å². The average molecular weight is 278 g/mol. The first-order valence-electron chi connectivity index (χ1n) is 6.28. The van der Waals surface area contributed by atoms with Crippen LogP contribution < -0.4 is 0 Å². The highest BCUT2D eigenvalue weighted by molar-refractivity contribution is 6.30. The summed E-state index contributed by atoms with van der Waals surface area (Å²) in [6, 6.07) is 6.47. The predicted molar refractivity (Wildman–Crippen MR) is 72.7 cm³/mol. The zero-order valence-corrected chi connectivity index (χ0v) is 11.3. The minimum atomic E-state index is -0.368. The van der Waals surface area contributed by atoms with Crippen LogP contribution in [0.2, 0.25) is 5.02 Å². The maximum Gasteiger partial charge on any atom is 0.164 e. The molecular weight excluding hydrogens is 265 g/mol. The van der Waals surface area contributed by atoms with Crippen LogP contribution in [0.5, 0.6) is 0 Å². The second-order valence-corrected chi connectivity index (χ2v) is 5.29. The van der Waals surface area contributed by atoms with Gasteiger partial charge in [0.1, 0.15) is 5.82 Å². The highest BCUT2D eigenvalue weighted by atomic mass is 35.5. The second-order valence-electron chi connectivity index (χ2n) is 4.85. The molecule has 1 heterocycles. The van der Waals surface area contributed by atoms with E-state index in [4.69, 9.17) is 11.6 Å². The van der Waals surface area contributed by atoms with Gasteiger partial charge in [-0.25, -0.2) is 4.39 Å². The molecule has 98 valence electrons. The van der Waals surface area contributed by atoms with E-state index >= 15 is 0 Å². The fourth-order valence-corrected chi connectivity index (χ4v) is 2.89. The number of halogens is 2. The fraction of sp³-hybridized carbons (Fsp3) is 0.267. The lowest BCUT2D eigenvalue weighted by molar-refractivity contribution is 0.0972. The molecule has 0 N–H and O–H groups in total. The van der Waals surface area contributed by atoms with Crippen molar-refractivity contribution in [2.75, 3.05) is 0 Å². The third kappa shape index (κ3) is 1.98. The summed E-state index contributed by atoms with van der Waals surface area (Å²) in [6.45, 7) is 1.89. The second kappa shape index (κ2) is 4.49. The normalized spacial score (nSPS) is 14.6. The maximum absolute atomic E-state index is 14.1. The molecule has 2 aromatic rings. The van der Waals surface area contributed by atoms with Crippen molar-refractivity contribution in [1.29, 1.82) is 0 Å². The van der Waals surface area contributed by atoms with Crippen LogP contribution in [0.4, 0.5) is 4.39 Å². The summed E-state index contributed by atoms with van der Waals surface area (Å²) >= 11 is 5.78. The highest BCUT2D eigenvalue weighted by Crippen LogP contribution is 2.29. The molecule has 1 aliphatic rings. The van der Waals surface area contributed by atoms with E-state index in [2.05, 4.69) is 0 Å². The Hall–Kier alpha value is -1.61. The van der Waals surface area contributed by atoms with Crippen LogP contribution >= 0.6 is 11.6 Å². The predicted octanol–water partition coefficient (Wildman–Crippen LogP) is 4.10. The van der Waals surface area contributed by atoms with E-state index in [1.165, 1.54) is 6.07 Å². The first-order chi connectivity index (χ1) is 9.08. The molecule has 0 saturated heterocycles. The Labute approximate surface area is 115 Å². The molecule has 0 bridgehead atoms. The summed E-state index contributed by atoms with van der Waals surface area (Å²) in [5.74, 6) is -0.218. The lowest BCUT2D eigenvalue weighted by Gasteiger charge is -2.16. The molecule has 0 radical (unpaired) electrons.